The van der Waals surface area contributed by atoms with Crippen LogP contribution in [0.15, 0.2) is 48.6 Å². The van der Waals surface area contributed by atoms with Crippen molar-refractivity contribution in [3.63, 3.8) is 0 Å². The average Bonchev–Trinajstić information content (AvgIpc) is 2.86. The fourth-order valence-corrected chi connectivity index (χ4v) is 3.13. The van der Waals surface area contributed by atoms with E-state index in [4.69, 9.17) is 4.74 Å². The molecule has 0 radical (unpaired) electrons. The molecule has 0 spiro atoms. The van der Waals surface area contributed by atoms with Gasteiger partial charge in [-0.25, -0.2) is 0 Å². The highest BCUT2D eigenvalue weighted by Gasteiger charge is 2.61. The predicted molar refractivity (Wildman–Crippen MR) is 122 cm³/mol. The first kappa shape index (κ1) is 27.2. The molecule has 0 aliphatic heterocycles. The normalized spacial score (nSPS) is 15.9. The molecule has 0 unspecified atom stereocenters. The molecule has 0 aliphatic rings. The SMILES string of the molecule is COc1cc(C=CC(=O)[C@](O)([C@H](O)C=O)[C@](O)(CO)C(=O)C=Cc2ccc(O)c(O)c2)ccc1O. The Kier molecular flexibility index (Phi) is 8.50. The number of aliphatic hydroxyl groups excluding tert-OH is 2. The van der Waals surface area contributed by atoms with Crippen molar-refractivity contribution in [2.75, 3.05) is 13.7 Å². The van der Waals surface area contributed by atoms with Gasteiger partial charge in [-0.2, -0.15) is 0 Å². The summed E-state index contributed by atoms with van der Waals surface area (Å²) in [5.74, 6) is -4.05. The van der Waals surface area contributed by atoms with Gasteiger partial charge in [0.25, 0.3) is 0 Å². The molecule has 2 aromatic rings. The van der Waals surface area contributed by atoms with Gasteiger partial charge in [0.1, 0.15) is 6.10 Å². The number of carbonyl (C=O) groups excluding carboxylic acids is 3. The standard InChI is InChI=1S/C24H24O11/c1-35-19-11-15(3-7-17(19)28)5-9-21(31)24(34,22(32)12-25)23(33,13-26)20(30)8-4-14-2-6-16(27)18(29)10-14/h2-12,22,26-29,32-34H,13H2,1H3/t22-,23+,24+/m1/s1. The van der Waals surface area contributed by atoms with E-state index >= 15 is 0 Å². The molecule has 0 aromatic heterocycles. The van der Waals surface area contributed by atoms with Gasteiger partial charge in [0, 0.05) is 0 Å². The lowest BCUT2D eigenvalue weighted by molar-refractivity contribution is -0.205. The van der Waals surface area contributed by atoms with E-state index in [2.05, 4.69) is 0 Å². The second-order valence-electron chi connectivity index (χ2n) is 7.44. The number of aldehydes is 1. The van der Waals surface area contributed by atoms with Gasteiger partial charge in [0.2, 0.25) is 0 Å². The zero-order valence-electron chi connectivity index (χ0n) is 18.4. The quantitative estimate of drug-likeness (QED) is 0.124. The molecule has 0 aliphatic carbocycles. The van der Waals surface area contributed by atoms with Gasteiger partial charge in [-0.3, -0.25) is 9.59 Å². The van der Waals surface area contributed by atoms with E-state index in [1.165, 1.54) is 31.4 Å². The minimum atomic E-state index is -3.50. The molecule has 7 N–H and O–H groups in total. The van der Waals surface area contributed by atoms with Crippen LogP contribution in [0.3, 0.4) is 0 Å². The largest absolute Gasteiger partial charge is 0.504 e. The molecule has 2 aromatic carbocycles. The van der Waals surface area contributed by atoms with Crippen LogP contribution in [-0.4, -0.2) is 84.6 Å². The third-order valence-corrected chi connectivity index (χ3v) is 5.26. The maximum atomic E-state index is 12.9. The number of ether oxygens (including phenoxy) is 1. The van der Waals surface area contributed by atoms with Crippen molar-refractivity contribution in [1.82, 2.24) is 0 Å². The summed E-state index contributed by atoms with van der Waals surface area (Å²) in [6.07, 6.45) is 0.510. The zero-order chi connectivity index (χ0) is 26.4. The molecule has 2 rings (SSSR count). The minimum absolute atomic E-state index is 0.0511. The lowest BCUT2D eigenvalue weighted by atomic mass is 9.73. The number of aliphatic hydroxyl groups is 4. The number of hydrogen-bond acceptors (Lipinski definition) is 11. The van der Waals surface area contributed by atoms with Gasteiger partial charge in [0.05, 0.1) is 13.7 Å². The third-order valence-electron chi connectivity index (χ3n) is 5.26. The highest BCUT2D eigenvalue weighted by atomic mass is 16.5. The van der Waals surface area contributed by atoms with Crippen LogP contribution in [0.25, 0.3) is 12.2 Å². The van der Waals surface area contributed by atoms with Crippen LogP contribution < -0.4 is 4.74 Å². The summed E-state index contributed by atoms with van der Waals surface area (Å²) in [7, 11) is 1.28. The molecule has 0 heterocycles. The Bertz CT molecular complexity index is 1170. The Morgan fingerprint density at radius 3 is 1.97 bits per heavy atom. The van der Waals surface area contributed by atoms with E-state index in [0.717, 1.165) is 24.3 Å². The second kappa shape index (κ2) is 10.9. The molecular formula is C24H24O11. The number of hydrogen-bond donors (Lipinski definition) is 7. The number of methoxy groups -OCH3 is 1. The molecule has 0 saturated carbocycles. The summed E-state index contributed by atoms with van der Waals surface area (Å²) in [6, 6.07) is 7.36. The molecule has 0 amide bonds. The van der Waals surface area contributed by atoms with Crippen LogP contribution in [-0.2, 0) is 14.4 Å². The summed E-state index contributed by atoms with van der Waals surface area (Å²) in [5, 5.41) is 70.2. The lowest BCUT2D eigenvalue weighted by Gasteiger charge is -2.40. The third kappa shape index (κ3) is 5.39. The van der Waals surface area contributed by atoms with Crippen LogP contribution in [0.2, 0.25) is 0 Å². The van der Waals surface area contributed by atoms with Gasteiger partial charge in [0.15, 0.2) is 52.1 Å². The molecule has 0 saturated heterocycles. The van der Waals surface area contributed by atoms with Crippen LogP contribution in [0.1, 0.15) is 11.1 Å². The van der Waals surface area contributed by atoms with Crippen molar-refractivity contribution >= 4 is 30.0 Å². The van der Waals surface area contributed by atoms with E-state index in [9.17, 15) is 50.1 Å². The van der Waals surface area contributed by atoms with E-state index in [1.54, 1.807) is 0 Å². The van der Waals surface area contributed by atoms with E-state index in [0.29, 0.717) is 12.2 Å². The Morgan fingerprint density at radius 2 is 1.46 bits per heavy atom. The minimum Gasteiger partial charge on any atom is -0.504 e. The summed E-state index contributed by atoms with van der Waals surface area (Å²) in [4.78, 5) is 36.9. The first-order valence-corrected chi connectivity index (χ1v) is 9.97. The molecule has 0 bridgehead atoms. The molecule has 11 nitrogen and oxygen atoms in total. The maximum absolute atomic E-state index is 12.9. The molecule has 11 heteroatoms. The Balaban J connectivity index is 2.45. The van der Waals surface area contributed by atoms with Crippen LogP contribution in [0.5, 0.6) is 23.0 Å². The molecule has 186 valence electrons. The van der Waals surface area contributed by atoms with E-state index in [1.807, 2.05) is 0 Å². The van der Waals surface area contributed by atoms with E-state index < -0.39 is 47.0 Å². The first-order chi connectivity index (χ1) is 16.4. The first-order valence-electron chi connectivity index (χ1n) is 9.97. The summed E-state index contributed by atoms with van der Waals surface area (Å²) < 4.78 is 4.94. The van der Waals surface area contributed by atoms with Crippen LogP contribution >= 0.6 is 0 Å². The Morgan fingerprint density at radius 1 is 0.914 bits per heavy atom. The van der Waals surface area contributed by atoms with Crippen molar-refractivity contribution in [2.45, 2.75) is 17.3 Å². The Labute approximate surface area is 199 Å². The van der Waals surface area contributed by atoms with Gasteiger partial charge in [-0.1, -0.05) is 24.3 Å². The number of ketones is 2. The number of phenolic OH excluding ortho intramolecular Hbond substituents is 3. The van der Waals surface area contributed by atoms with Crippen molar-refractivity contribution in [3.05, 3.63) is 59.7 Å². The predicted octanol–water partition coefficient (Wildman–Crippen LogP) is -0.309. The molecule has 35 heavy (non-hydrogen) atoms. The van der Waals surface area contributed by atoms with Crippen LogP contribution in [0.4, 0.5) is 0 Å². The number of benzene rings is 2. The molecule has 3 atom stereocenters. The smallest absolute Gasteiger partial charge is 0.198 e. The van der Waals surface area contributed by atoms with Gasteiger partial charge < -0.3 is 45.3 Å². The fraction of sp³-hybridized carbons (Fsp3) is 0.208. The fourth-order valence-electron chi connectivity index (χ4n) is 3.13. The number of aromatic hydroxyl groups is 3. The summed E-state index contributed by atoms with van der Waals surface area (Å²) in [6.45, 7) is -1.56. The topological polar surface area (TPSA) is 202 Å². The molecular weight excluding hydrogens is 464 g/mol. The average molecular weight is 488 g/mol. The van der Waals surface area contributed by atoms with Crippen molar-refractivity contribution in [1.29, 1.82) is 0 Å². The Hall–Kier alpha value is -4.03. The van der Waals surface area contributed by atoms with Crippen molar-refractivity contribution < 1.29 is 54.9 Å². The van der Waals surface area contributed by atoms with Crippen LogP contribution in [0, 0.1) is 0 Å². The summed E-state index contributed by atoms with van der Waals surface area (Å²) >= 11 is 0. The van der Waals surface area contributed by atoms with Gasteiger partial charge in [-0.15, -0.1) is 0 Å². The summed E-state index contributed by atoms with van der Waals surface area (Å²) in [5.41, 5.74) is -6.45. The number of rotatable bonds is 11. The van der Waals surface area contributed by atoms with Crippen molar-refractivity contribution in [3.8, 4) is 23.0 Å². The number of phenols is 3. The highest BCUT2D eigenvalue weighted by Crippen LogP contribution is 2.31. The lowest BCUT2D eigenvalue weighted by Crippen LogP contribution is -2.70. The van der Waals surface area contributed by atoms with Gasteiger partial charge in [-0.05, 0) is 47.5 Å². The monoisotopic (exact) mass is 488 g/mol. The van der Waals surface area contributed by atoms with E-state index in [-0.39, 0.29) is 28.9 Å². The van der Waals surface area contributed by atoms with Crippen molar-refractivity contribution in [2.24, 2.45) is 0 Å². The van der Waals surface area contributed by atoms with Gasteiger partial charge >= 0.3 is 0 Å². The highest BCUT2D eigenvalue weighted by molar-refractivity contribution is 6.11. The zero-order valence-corrected chi connectivity index (χ0v) is 18.4. The maximum Gasteiger partial charge on any atom is 0.198 e. The second-order valence-corrected chi connectivity index (χ2v) is 7.44. The molecule has 0 fully saturated rings. The number of carbonyl (C=O) groups is 3.